The van der Waals surface area contributed by atoms with Crippen molar-refractivity contribution in [3.8, 4) is 11.1 Å². The van der Waals surface area contributed by atoms with Gasteiger partial charge in [0.1, 0.15) is 5.82 Å². The highest BCUT2D eigenvalue weighted by Crippen LogP contribution is 2.26. The van der Waals surface area contributed by atoms with Gasteiger partial charge in [0.25, 0.3) is 15.7 Å². The summed E-state index contributed by atoms with van der Waals surface area (Å²) in [6.07, 6.45) is 14.1. The van der Waals surface area contributed by atoms with Gasteiger partial charge in [-0.1, -0.05) is 51.9 Å². The summed E-state index contributed by atoms with van der Waals surface area (Å²) in [6, 6.07) is 8.58. The lowest BCUT2D eigenvalue weighted by molar-refractivity contribution is 0.484. The van der Waals surface area contributed by atoms with Crippen LogP contribution in [-0.2, 0) is 23.7 Å². The number of aryl methyl sites for hydroxylation is 1. The highest BCUT2D eigenvalue weighted by atomic mass is 32.2. The first kappa shape index (κ1) is 30.6. The van der Waals surface area contributed by atoms with Crippen LogP contribution in [0.4, 0.5) is 4.39 Å². The Morgan fingerprint density at radius 3 is 2.24 bits per heavy atom. The van der Waals surface area contributed by atoms with Gasteiger partial charge in [0.2, 0.25) is 0 Å². The Labute approximate surface area is 219 Å². The summed E-state index contributed by atoms with van der Waals surface area (Å²) >= 11 is 0. The van der Waals surface area contributed by atoms with Gasteiger partial charge in [-0.05, 0) is 55.3 Å². The third-order valence-electron chi connectivity index (χ3n) is 6.19. The Bertz CT molecular complexity index is 1290. The van der Waals surface area contributed by atoms with E-state index in [1.54, 1.807) is 19.3 Å². The van der Waals surface area contributed by atoms with E-state index in [4.69, 9.17) is 4.55 Å². The summed E-state index contributed by atoms with van der Waals surface area (Å²) in [5.41, 5.74) is 2.83. The van der Waals surface area contributed by atoms with Crippen molar-refractivity contribution in [1.82, 2.24) is 14.9 Å². The van der Waals surface area contributed by atoms with Crippen LogP contribution in [0, 0.1) is 5.82 Å². The van der Waals surface area contributed by atoms with Crippen LogP contribution in [0.5, 0.6) is 0 Å². The first-order valence-electron chi connectivity index (χ1n) is 13.1. The molecular formula is C28H40FN3O4S. The molecule has 0 amide bonds. The van der Waals surface area contributed by atoms with E-state index in [0.717, 1.165) is 29.8 Å². The van der Waals surface area contributed by atoms with Gasteiger partial charge in [0.15, 0.2) is 0 Å². The smallest absolute Gasteiger partial charge is 0.264 e. The fraction of sp³-hybridized carbons (Fsp3) is 0.500. The average Bonchev–Trinajstić information content (AvgIpc) is 2.87. The molecule has 2 aromatic heterocycles. The van der Waals surface area contributed by atoms with Gasteiger partial charge < -0.3 is 9.88 Å². The molecule has 0 saturated heterocycles. The molecule has 0 spiro atoms. The van der Waals surface area contributed by atoms with Gasteiger partial charge in [-0.3, -0.25) is 14.3 Å². The zero-order valence-corrected chi connectivity index (χ0v) is 23.0. The number of unbranched alkanes of at least 4 members (excludes halogenated alkanes) is 7. The zero-order valence-electron chi connectivity index (χ0n) is 22.2. The normalized spacial score (nSPS) is 11.4. The maximum Gasteiger partial charge on any atom is 0.264 e. The first-order valence-corrected chi connectivity index (χ1v) is 14.7. The van der Waals surface area contributed by atoms with E-state index in [1.165, 1.54) is 75.0 Å². The van der Waals surface area contributed by atoms with Crippen molar-refractivity contribution < 1.29 is 17.4 Å². The molecule has 1 aromatic carbocycles. The molecule has 0 aliphatic carbocycles. The molecule has 7 nitrogen and oxygen atoms in total. The second-order valence-electron chi connectivity index (χ2n) is 9.23. The highest BCUT2D eigenvalue weighted by molar-refractivity contribution is 7.85. The molecule has 3 aromatic rings. The third-order valence-corrected chi connectivity index (χ3v) is 6.92. The SMILES string of the molecule is CCCCCCCCCCNCc1cncc(-c2cc(F)c3c(ccc(=O)n3C)c2)c1.CCS(=O)(=O)O. The largest absolute Gasteiger partial charge is 0.313 e. The Balaban J connectivity index is 0.000000717. The number of hydrogen-bond donors (Lipinski definition) is 2. The third kappa shape index (κ3) is 10.7. The van der Waals surface area contributed by atoms with Crippen molar-refractivity contribution in [3.05, 3.63) is 64.5 Å². The molecule has 0 aliphatic rings. The lowest BCUT2D eigenvalue weighted by Crippen LogP contribution is -2.16. The van der Waals surface area contributed by atoms with E-state index in [9.17, 15) is 17.6 Å². The van der Waals surface area contributed by atoms with E-state index in [0.29, 0.717) is 10.9 Å². The van der Waals surface area contributed by atoms with E-state index in [2.05, 4.69) is 23.3 Å². The van der Waals surface area contributed by atoms with Crippen LogP contribution >= 0.6 is 0 Å². The molecule has 37 heavy (non-hydrogen) atoms. The minimum atomic E-state index is -3.66. The molecule has 9 heteroatoms. The molecule has 0 fully saturated rings. The molecule has 0 aliphatic heterocycles. The molecule has 0 saturated carbocycles. The Morgan fingerprint density at radius 2 is 1.59 bits per heavy atom. The van der Waals surface area contributed by atoms with Crippen molar-refractivity contribution in [1.29, 1.82) is 0 Å². The minimum absolute atomic E-state index is 0.201. The second kappa shape index (κ2) is 15.6. The van der Waals surface area contributed by atoms with Crippen LogP contribution in [0.2, 0.25) is 0 Å². The number of pyridine rings is 2. The van der Waals surface area contributed by atoms with Crippen molar-refractivity contribution in [2.45, 2.75) is 71.8 Å². The van der Waals surface area contributed by atoms with Crippen LogP contribution in [0.15, 0.2) is 47.5 Å². The van der Waals surface area contributed by atoms with Gasteiger partial charge in [0, 0.05) is 43.0 Å². The van der Waals surface area contributed by atoms with E-state index in [1.807, 2.05) is 12.3 Å². The number of fused-ring (bicyclic) bond motifs is 1. The second-order valence-corrected chi connectivity index (χ2v) is 11.0. The van der Waals surface area contributed by atoms with Gasteiger partial charge in [-0.15, -0.1) is 0 Å². The molecule has 0 unspecified atom stereocenters. The molecular weight excluding hydrogens is 493 g/mol. The number of nitrogens with zero attached hydrogens (tertiary/aromatic N) is 2. The summed E-state index contributed by atoms with van der Waals surface area (Å²) in [7, 11) is -2.07. The molecule has 0 atom stereocenters. The lowest BCUT2D eigenvalue weighted by Gasteiger charge is -2.10. The maximum atomic E-state index is 14.7. The molecule has 0 radical (unpaired) electrons. The number of rotatable bonds is 13. The van der Waals surface area contributed by atoms with Crippen LogP contribution < -0.4 is 10.9 Å². The molecule has 0 bridgehead atoms. The predicted molar refractivity (Wildman–Crippen MR) is 149 cm³/mol. The zero-order chi connectivity index (χ0) is 27.3. The van der Waals surface area contributed by atoms with Crippen LogP contribution in [-0.4, -0.2) is 34.8 Å². The average molecular weight is 534 g/mol. The fourth-order valence-corrected chi connectivity index (χ4v) is 4.01. The van der Waals surface area contributed by atoms with E-state index < -0.39 is 15.9 Å². The lowest BCUT2D eigenvalue weighted by atomic mass is 10.0. The molecule has 204 valence electrons. The summed E-state index contributed by atoms with van der Waals surface area (Å²) < 4.78 is 43.0. The Kier molecular flexibility index (Phi) is 12.9. The molecule has 2 heterocycles. The predicted octanol–water partition coefficient (Wildman–Crippen LogP) is 5.86. The van der Waals surface area contributed by atoms with E-state index >= 15 is 0 Å². The van der Waals surface area contributed by atoms with Gasteiger partial charge in [-0.2, -0.15) is 8.42 Å². The summed E-state index contributed by atoms with van der Waals surface area (Å²) in [5, 5.41) is 4.20. The molecule has 3 rings (SSSR count). The Morgan fingerprint density at radius 1 is 0.946 bits per heavy atom. The van der Waals surface area contributed by atoms with Crippen LogP contribution in [0.25, 0.3) is 22.0 Å². The van der Waals surface area contributed by atoms with Crippen molar-refractivity contribution >= 4 is 21.0 Å². The van der Waals surface area contributed by atoms with Crippen LogP contribution in [0.1, 0.15) is 70.8 Å². The first-order chi connectivity index (χ1) is 17.7. The number of hydrogen-bond acceptors (Lipinski definition) is 5. The number of nitrogens with one attached hydrogen (secondary N) is 1. The number of benzene rings is 1. The summed E-state index contributed by atoms with van der Waals surface area (Å²) in [4.78, 5) is 16.1. The van der Waals surface area contributed by atoms with Crippen molar-refractivity contribution in [2.24, 2.45) is 7.05 Å². The monoisotopic (exact) mass is 533 g/mol. The van der Waals surface area contributed by atoms with Gasteiger partial charge >= 0.3 is 0 Å². The quantitative estimate of drug-likeness (QED) is 0.211. The van der Waals surface area contributed by atoms with Crippen LogP contribution in [0.3, 0.4) is 0 Å². The minimum Gasteiger partial charge on any atom is -0.313 e. The van der Waals surface area contributed by atoms with Crippen molar-refractivity contribution in [2.75, 3.05) is 12.3 Å². The summed E-state index contributed by atoms with van der Waals surface area (Å²) in [6.45, 7) is 5.37. The van der Waals surface area contributed by atoms with Gasteiger partial charge in [0.05, 0.1) is 11.3 Å². The van der Waals surface area contributed by atoms with Gasteiger partial charge in [-0.25, -0.2) is 4.39 Å². The maximum absolute atomic E-state index is 14.7. The van der Waals surface area contributed by atoms with Crippen molar-refractivity contribution in [3.63, 3.8) is 0 Å². The Hall–Kier alpha value is -2.62. The standard InChI is InChI=1S/C26H34FN3O.C2H6O3S/c1-3-4-5-6-7-8-9-10-13-28-17-20-14-23(19-29-18-20)22-15-21-11-12-25(31)30(2)26(21)24(27)16-22;1-2-6(3,4)5/h11-12,14-16,18-19,28H,3-10,13,17H2,1-2H3;2H2,1H3,(H,3,4,5). The summed E-state index contributed by atoms with van der Waals surface area (Å²) in [5.74, 6) is -0.599. The number of aromatic nitrogens is 2. The molecule has 2 N–H and O–H groups in total. The van der Waals surface area contributed by atoms with E-state index in [-0.39, 0.29) is 11.3 Å². The fourth-order valence-electron chi connectivity index (χ4n) is 4.01. The highest BCUT2D eigenvalue weighted by Gasteiger charge is 2.10. The number of halogens is 1. The topological polar surface area (TPSA) is 101 Å².